The highest BCUT2D eigenvalue weighted by atomic mass is 16.2. The van der Waals surface area contributed by atoms with Crippen molar-refractivity contribution in [3.8, 4) is 0 Å². The standard InChI is InChI=1S/C27H31N3O/c1-22-12-14-23(15-13-22)18-28-27(31)30(20-25-10-6-3-7-11-25)26-16-17-29(21-26)19-24-8-4-2-5-9-24/h2-15,26H,16-21H2,1H3,(H,28,31). The summed E-state index contributed by atoms with van der Waals surface area (Å²) in [5.41, 5.74) is 4.83. The first-order valence-corrected chi connectivity index (χ1v) is 11.1. The number of hydrogen-bond acceptors (Lipinski definition) is 2. The summed E-state index contributed by atoms with van der Waals surface area (Å²) in [5, 5.41) is 3.15. The minimum atomic E-state index is 0.0102. The lowest BCUT2D eigenvalue weighted by atomic mass is 10.1. The van der Waals surface area contributed by atoms with Gasteiger partial charge in [-0.05, 0) is 30.0 Å². The molecule has 1 saturated heterocycles. The zero-order valence-electron chi connectivity index (χ0n) is 18.2. The quantitative estimate of drug-likeness (QED) is 0.593. The van der Waals surface area contributed by atoms with E-state index in [9.17, 15) is 4.79 Å². The number of carbonyl (C=O) groups is 1. The fourth-order valence-corrected chi connectivity index (χ4v) is 4.18. The van der Waals surface area contributed by atoms with Crippen LogP contribution in [0.15, 0.2) is 84.9 Å². The maximum atomic E-state index is 13.2. The highest BCUT2D eigenvalue weighted by Gasteiger charge is 2.30. The number of nitrogens with one attached hydrogen (secondary N) is 1. The lowest BCUT2D eigenvalue weighted by Gasteiger charge is -2.30. The summed E-state index contributed by atoms with van der Waals surface area (Å²) in [5.74, 6) is 0. The summed E-state index contributed by atoms with van der Waals surface area (Å²) in [6.45, 7) is 6.10. The second-order valence-electron chi connectivity index (χ2n) is 8.42. The van der Waals surface area contributed by atoms with Gasteiger partial charge in [0, 0.05) is 38.8 Å². The summed E-state index contributed by atoms with van der Waals surface area (Å²) in [7, 11) is 0. The number of nitrogens with zero attached hydrogens (tertiary/aromatic N) is 2. The summed E-state index contributed by atoms with van der Waals surface area (Å²) < 4.78 is 0. The van der Waals surface area contributed by atoms with Crippen LogP contribution in [-0.2, 0) is 19.6 Å². The second kappa shape index (κ2) is 10.3. The fraction of sp³-hybridized carbons (Fsp3) is 0.296. The van der Waals surface area contributed by atoms with E-state index in [1.165, 1.54) is 11.1 Å². The minimum absolute atomic E-state index is 0.0102. The molecule has 0 radical (unpaired) electrons. The van der Waals surface area contributed by atoms with Crippen LogP contribution in [0.25, 0.3) is 0 Å². The lowest BCUT2D eigenvalue weighted by molar-refractivity contribution is 0.168. The van der Waals surface area contributed by atoms with Crippen LogP contribution in [0.5, 0.6) is 0 Å². The number of amides is 2. The van der Waals surface area contributed by atoms with Crippen LogP contribution in [-0.4, -0.2) is 35.0 Å². The molecule has 1 unspecified atom stereocenters. The monoisotopic (exact) mass is 413 g/mol. The van der Waals surface area contributed by atoms with E-state index in [2.05, 4.69) is 83.9 Å². The molecule has 1 fully saturated rings. The molecule has 1 N–H and O–H groups in total. The first kappa shape index (κ1) is 21.1. The summed E-state index contributed by atoms with van der Waals surface area (Å²) in [4.78, 5) is 17.7. The number of aryl methyl sites for hydroxylation is 1. The van der Waals surface area contributed by atoms with E-state index < -0.39 is 0 Å². The minimum Gasteiger partial charge on any atom is -0.334 e. The van der Waals surface area contributed by atoms with Crippen molar-refractivity contribution in [2.75, 3.05) is 13.1 Å². The Morgan fingerprint density at radius 3 is 2.23 bits per heavy atom. The van der Waals surface area contributed by atoms with Crippen molar-refractivity contribution in [2.45, 2.75) is 39.0 Å². The number of benzene rings is 3. The zero-order valence-corrected chi connectivity index (χ0v) is 18.2. The third kappa shape index (κ3) is 5.96. The number of carbonyl (C=O) groups excluding carboxylic acids is 1. The Balaban J connectivity index is 1.42. The molecular weight excluding hydrogens is 382 g/mol. The Morgan fingerprint density at radius 1 is 0.903 bits per heavy atom. The highest BCUT2D eigenvalue weighted by Crippen LogP contribution is 2.20. The van der Waals surface area contributed by atoms with Crippen molar-refractivity contribution in [3.63, 3.8) is 0 Å². The van der Waals surface area contributed by atoms with Gasteiger partial charge < -0.3 is 10.2 Å². The SMILES string of the molecule is Cc1ccc(CNC(=O)N(Cc2ccccc2)C2CCN(Cc3ccccc3)C2)cc1. The predicted molar refractivity (Wildman–Crippen MR) is 126 cm³/mol. The molecule has 1 aliphatic heterocycles. The summed E-state index contributed by atoms with van der Waals surface area (Å²) >= 11 is 0. The third-order valence-corrected chi connectivity index (χ3v) is 5.96. The normalized spacial score (nSPS) is 16.2. The summed E-state index contributed by atoms with van der Waals surface area (Å²) in [6.07, 6.45) is 0.998. The molecule has 3 aromatic rings. The van der Waals surface area contributed by atoms with Crippen molar-refractivity contribution < 1.29 is 4.79 Å². The van der Waals surface area contributed by atoms with E-state index in [-0.39, 0.29) is 12.1 Å². The smallest absolute Gasteiger partial charge is 0.318 e. The Kier molecular flexibility index (Phi) is 7.00. The lowest BCUT2D eigenvalue weighted by Crippen LogP contribution is -2.46. The number of rotatable bonds is 7. The van der Waals surface area contributed by atoms with E-state index in [1.807, 2.05) is 23.1 Å². The van der Waals surface area contributed by atoms with E-state index in [1.54, 1.807) is 0 Å². The van der Waals surface area contributed by atoms with Crippen LogP contribution in [0, 0.1) is 6.92 Å². The van der Waals surface area contributed by atoms with Crippen LogP contribution < -0.4 is 5.32 Å². The molecule has 0 saturated carbocycles. The Morgan fingerprint density at radius 2 is 1.55 bits per heavy atom. The molecule has 1 aliphatic rings. The van der Waals surface area contributed by atoms with Gasteiger partial charge in [0.15, 0.2) is 0 Å². The van der Waals surface area contributed by atoms with Gasteiger partial charge in [-0.3, -0.25) is 4.90 Å². The molecule has 160 valence electrons. The van der Waals surface area contributed by atoms with Crippen molar-refractivity contribution >= 4 is 6.03 Å². The van der Waals surface area contributed by atoms with Gasteiger partial charge in [-0.15, -0.1) is 0 Å². The maximum absolute atomic E-state index is 13.2. The molecule has 31 heavy (non-hydrogen) atoms. The van der Waals surface area contributed by atoms with E-state index in [4.69, 9.17) is 0 Å². The first-order valence-electron chi connectivity index (χ1n) is 11.1. The van der Waals surface area contributed by atoms with Gasteiger partial charge in [-0.1, -0.05) is 90.5 Å². The van der Waals surface area contributed by atoms with Crippen molar-refractivity contribution in [3.05, 3.63) is 107 Å². The van der Waals surface area contributed by atoms with Crippen LogP contribution >= 0.6 is 0 Å². The largest absolute Gasteiger partial charge is 0.334 e. The average molecular weight is 414 g/mol. The molecule has 0 bridgehead atoms. The Hall–Kier alpha value is -3.11. The Labute approximate surface area is 185 Å². The van der Waals surface area contributed by atoms with Crippen LogP contribution in [0.1, 0.15) is 28.7 Å². The van der Waals surface area contributed by atoms with E-state index in [0.29, 0.717) is 13.1 Å². The Bertz CT molecular complexity index is 957. The van der Waals surface area contributed by atoms with Gasteiger partial charge in [-0.25, -0.2) is 4.79 Å². The van der Waals surface area contributed by atoms with Gasteiger partial charge in [0.2, 0.25) is 0 Å². The molecule has 0 aliphatic carbocycles. The van der Waals surface area contributed by atoms with Crippen molar-refractivity contribution in [1.29, 1.82) is 0 Å². The topological polar surface area (TPSA) is 35.6 Å². The van der Waals surface area contributed by atoms with Gasteiger partial charge in [0.1, 0.15) is 0 Å². The molecule has 1 atom stereocenters. The molecule has 0 spiro atoms. The van der Waals surface area contributed by atoms with Gasteiger partial charge in [0.25, 0.3) is 0 Å². The first-order chi connectivity index (χ1) is 15.2. The fourth-order valence-electron chi connectivity index (χ4n) is 4.18. The summed E-state index contributed by atoms with van der Waals surface area (Å²) in [6, 6.07) is 29.4. The molecule has 3 aromatic carbocycles. The van der Waals surface area contributed by atoms with Crippen LogP contribution in [0.3, 0.4) is 0 Å². The number of likely N-dealkylation sites (tertiary alicyclic amines) is 1. The van der Waals surface area contributed by atoms with Crippen molar-refractivity contribution in [2.24, 2.45) is 0 Å². The molecule has 2 amide bonds. The van der Waals surface area contributed by atoms with Crippen LogP contribution in [0.2, 0.25) is 0 Å². The van der Waals surface area contributed by atoms with Gasteiger partial charge in [-0.2, -0.15) is 0 Å². The number of urea groups is 1. The van der Waals surface area contributed by atoms with Gasteiger partial charge in [0.05, 0.1) is 0 Å². The average Bonchev–Trinajstić information content (AvgIpc) is 3.26. The zero-order chi connectivity index (χ0) is 21.5. The molecule has 0 aromatic heterocycles. The van der Waals surface area contributed by atoms with Gasteiger partial charge >= 0.3 is 6.03 Å². The molecular formula is C27H31N3O. The molecule has 4 nitrogen and oxygen atoms in total. The van der Waals surface area contributed by atoms with Crippen LogP contribution in [0.4, 0.5) is 4.79 Å². The maximum Gasteiger partial charge on any atom is 0.318 e. The molecule has 4 rings (SSSR count). The third-order valence-electron chi connectivity index (χ3n) is 5.96. The van der Waals surface area contributed by atoms with E-state index in [0.717, 1.165) is 37.2 Å². The molecule has 1 heterocycles. The second-order valence-corrected chi connectivity index (χ2v) is 8.42. The molecule has 4 heteroatoms. The highest BCUT2D eigenvalue weighted by molar-refractivity contribution is 5.74. The van der Waals surface area contributed by atoms with Crippen molar-refractivity contribution in [1.82, 2.24) is 15.1 Å². The number of hydrogen-bond donors (Lipinski definition) is 1. The van der Waals surface area contributed by atoms with E-state index >= 15 is 0 Å². The predicted octanol–water partition coefficient (Wildman–Crippen LogP) is 4.98.